The molecule has 3 rings (SSSR count). The molecule has 6 heteroatoms. The average molecular weight is 373 g/mol. The second kappa shape index (κ2) is 9.33. The summed E-state index contributed by atoms with van der Waals surface area (Å²) in [6.07, 6.45) is 2.12. The number of rotatable bonds is 6. The predicted molar refractivity (Wildman–Crippen MR) is 108 cm³/mol. The van der Waals surface area contributed by atoms with E-state index in [1.54, 1.807) is 6.92 Å². The monoisotopic (exact) mass is 372 g/mol. The zero-order valence-corrected chi connectivity index (χ0v) is 16.6. The van der Waals surface area contributed by atoms with Gasteiger partial charge in [0.25, 0.3) is 0 Å². The third-order valence-electron chi connectivity index (χ3n) is 5.78. The van der Waals surface area contributed by atoms with E-state index in [4.69, 9.17) is 0 Å². The Kier molecular flexibility index (Phi) is 6.85. The fourth-order valence-corrected chi connectivity index (χ4v) is 3.94. The van der Waals surface area contributed by atoms with Crippen LogP contribution in [0.15, 0.2) is 24.3 Å². The van der Waals surface area contributed by atoms with Gasteiger partial charge < -0.3 is 15.1 Å². The van der Waals surface area contributed by atoms with E-state index in [2.05, 4.69) is 26.9 Å². The Hall–Kier alpha value is -1.92. The smallest absolute Gasteiger partial charge is 0.234 e. The Morgan fingerprint density at radius 3 is 2.15 bits per heavy atom. The molecule has 2 heterocycles. The molecule has 0 saturated carbocycles. The van der Waals surface area contributed by atoms with E-state index >= 15 is 0 Å². The zero-order chi connectivity index (χ0) is 19.2. The molecule has 6 nitrogen and oxygen atoms in total. The first-order valence-electron chi connectivity index (χ1n) is 10.1. The number of anilines is 1. The standard InChI is InChI=1S/C21H32N4O2/c1-3-23-10-8-19(9-11-23)22-21(27)16-24-12-14-25(15-13-24)20-6-4-18(5-7-20)17(2)26/h4-7,19H,3,8-16H2,1-2H3,(H,22,27). The lowest BCUT2D eigenvalue weighted by Gasteiger charge is -2.36. The fourth-order valence-electron chi connectivity index (χ4n) is 3.94. The largest absolute Gasteiger partial charge is 0.369 e. The summed E-state index contributed by atoms with van der Waals surface area (Å²) in [4.78, 5) is 30.8. The van der Waals surface area contributed by atoms with Gasteiger partial charge in [-0.25, -0.2) is 0 Å². The third kappa shape index (κ3) is 5.53. The van der Waals surface area contributed by atoms with Crippen molar-refractivity contribution in [2.45, 2.75) is 32.7 Å². The molecule has 1 amide bonds. The first-order chi connectivity index (χ1) is 13.0. The summed E-state index contributed by atoms with van der Waals surface area (Å²) in [5.74, 6) is 0.252. The number of nitrogens with zero attached hydrogens (tertiary/aromatic N) is 3. The molecular formula is C21H32N4O2. The van der Waals surface area contributed by atoms with E-state index in [1.807, 2.05) is 24.3 Å². The van der Waals surface area contributed by atoms with E-state index in [0.717, 1.165) is 69.9 Å². The summed E-state index contributed by atoms with van der Waals surface area (Å²) >= 11 is 0. The quantitative estimate of drug-likeness (QED) is 0.769. The van der Waals surface area contributed by atoms with Gasteiger partial charge in [0.15, 0.2) is 5.78 Å². The van der Waals surface area contributed by atoms with Crippen molar-refractivity contribution in [3.63, 3.8) is 0 Å². The number of nitrogens with one attached hydrogen (secondary N) is 1. The third-order valence-corrected chi connectivity index (χ3v) is 5.78. The Labute approximate surface area is 162 Å². The average Bonchev–Trinajstić information content (AvgIpc) is 2.69. The molecule has 1 aromatic rings. The summed E-state index contributed by atoms with van der Waals surface area (Å²) in [5, 5.41) is 3.22. The van der Waals surface area contributed by atoms with Crippen LogP contribution in [0.5, 0.6) is 0 Å². The van der Waals surface area contributed by atoms with Gasteiger partial charge >= 0.3 is 0 Å². The first kappa shape index (κ1) is 19.8. The number of carbonyl (C=O) groups is 2. The Morgan fingerprint density at radius 2 is 1.59 bits per heavy atom. The molecule has 0 aromatic heterocycles. The molecule has 2 saturated heterocycles. The topological polar surface area (TPSA) is 55.9 Å². The number of carbonyl (C=O) groups excluding carboxylic acids is 2. The molecule has 0 atom stereocenters. The Bertz CT molecular complexity index is 630. The number of piperazine rings is 1. The summed E-state index contributed by atoms with van der Waals surface area (Å²) < 4.78 is 0. The van der Waals surface area contributed by atoms with Crippen LogP contribution in [0.25, 0.3) is 0 Å². The number of benzene rings is 1. The van der Waals surface area contributed by atoms with Gasteiger partial charge in [-0.3, -0.25) is 14.5 Å². The lowest BCUT2D eigenvalue weighted by molar-refractivity contribution is -0.123. The molecule has 1 aromatic carbocycles. The normalized spacial score (nSPS) is 19.9. The maximum absolute atomic E-state index is 12.4. The molecule has 2 aliphatic rings. The second-order valence-electron chi connectivity index (χ2n) is 7.64. The molecule has 0 aliphatic carbocycles. The Balaban J connectivity index is 1.40. The highest BCUT2D eigenvalue weighted by Crippen LogP contribution is 2.17. The highest BCUT2D eigenvalue weighted by molar-refractivity contribution is 5.94. The van der Waals surface area contributed by atoms with Crippen molar-refractivity contribution in [1.82, 2.24) is 15.1 Å². The van der Waals surface area contributed by atoms with Crippen molar-refractivity contribution >= 4 is 17.4 Å². The minimum atomic E-state index is 0.0951. The van der Waals surface area contributed by atoms with Crippen LogP contribution in [0.2, 0.25) is 0 Å². The second-order valence-corrected chi connectivity index (χ2v) is 7.64. The van der Waals surface area contributed by atoms with Gasteiger partial charge in [-0.2, -0.15) is 0 Å². The predicted octanol–water partition coefficient (Wildman–Crippen LogP) is 1.61. The van der Waals surface area contributed by atoms with E-state index in [-0.39, 0.29) is 11.7 Å². The van der Waals surface area contributed by atoms with Gasteiger partial charge in [-0.05, 0) is 50.6 Å². The number of ketones is 1. The molecule has 27 heavy (non-hydrogen) atoms. The number of hydrogen-bond acceptors (Lipinski definition) is 5. The van der Waals surface area contributed by atoms with Crippen molar-refractivity contribution in [2.24, 2.45) is 0 Å². The van der Waals surface area contributed by atoms with Gasteiger partial charge in [-0.15, -0.1) is 0 Å². The maximum Gasteiger partial charge on any atom is 0.234 e. The van der Waals surface area contributed by atoms with E-state index < -0.39 is 0 Å². The van der Waals surface area contributed by atoms with Crippen LogP contribution in [0, 0.1) is 0 Å². The minimum absolute atomic E-state index is 0.0951. The van der Waals surface area contributed by atoms with Crippen molar-refractivity contribution in [3.8, 4) is 0 Å². The van der Waals surface area contributed by atoms with Crippen LogP contribution in [0.4, 0.5) is 5.69 Å². The van der Waals surface area contributed by atoms with Gasteiger partial charge in [0.1, 0.15) is 0 Å². The van der Waals surface area contributed by atoms with Gasteiger partial charge in [0.05, 0.1) is 6.54 Å². The minimum Gasteiger partial charge on any atom is -0.369 e. The van der Waals surface area contributed by atoms with Crippen LogP contribution >= 0.6 is 0 Å². The molecule has 1 N–H and O–H groups in total. The molecule has 2 aliphatic heterocycles. The van der Waals surface area contributed by atoms with E-state index in [9.17, 15) is 9.59 Å². The van der Waals surface area contributed by atoms with Crippen molar-refractivity contribution in [3.05, 3.63) is 29.8 Å². The van der Waals surface area contributed by atoms with Crippen LogP contribution in [-0.2, 0) is 4.79 Å². The van der Waals surface area contributed by atoms with Crippen molar-refractivity contribution in [2.75, 3.05) is 57.3 Å². The van der Waals surface area contributed by atoms with E-state index in [0.29, 0.717) is 12.6 Å². The number of Topliss-reactive ketones (excluding diaryl/α,β-unsaturated/α-hetero) is 1. The number of amides is 1. The number of piperidine rings is 1. The fraction of sp³-hybridized carbons (Fsp3) is 0.619. The SMILES string of the molecule is CCN1CCC(NC(=O)CN2CCN(c3ccc(C(C)=O)cc3)CC2)CC1. The maximum atomic E-state index is 12.4. The lowest BCUT2D eigenvalue weighted by atomic mass is 10.1. The summed E-state index contributed by atoms with van der Waals surface area (Å²) in [5.41, 5.74) is 1.89. The summed E-state index contributed by atoms with van der Waals surface area (Å²) in [6, 6.07) is 8.15. The number of hydrogen-bond donors (Lipinski definition) is 1. The van der Waals surface area contributed by atoms with Crippen molar-refractivity contribution < 1.29 is 9.59 Å². The molecule has 0 spiro atoms. The Morgan fingerprint density at radius 1 is 0.963 bits per heavy atom. The molecular weight excluding hydrogens is 340 g/mol. The van der Waals surface area contributed by atoms with E-state index in [1.165, 1.54) is 0 Å². The molecule has 0 radical (unpaired) electrons. The molecule has 148 valence electrons. The van der Waals surface area contributed by atoms with Gasteiger partial charge in [-0.1, -0.05) is 6.92 Å². The highest BCUT2D eigenvalue weighted by Gasteiger charge is 2.23. The molecule has 2 fully saturated rings. The first-order valence-corrected chi connectivity index (χ1v) is 10.1. The zero-order valence-electron chi connectivity index (χ0n) is 16.6. The highest BCUT2D eigenvalue weighted by atomic mass is 16.2. The van der Waals surface area contributed by atoms with Crippen LogP contribution in [0.1, 0.15) is 37.0 Å². The van der Waals surface area contributed by atoms with Crippen molar-refractivity contribution in [1.29, 1.82) is 0 Å². The van der Waals surface area contributed by atoms with Crippen LogP contribution in [-0.4, -0.2) is 79.9 Å². The van der Waals surface area contributed by atoms with Gasteiger partial charge in [0.2, 0.25) is 5.91 Å². The number of likely N-dealkylation sites (tertiary alicyclic amines) is 1. The summed E-state index contributed by atoms with van der Waals surface area (Å²) in [6.45, 7) is 11.1. The van der Waals surface area contributed by atoms with Crippen LogP contribution in [0.3, 0.4) is 0 Å². The molecule has 0 bridgehead atoms. The van der Waals surface area contributed by atoms with Crippen LogP contribution < -0.4 is 10.2 Å². The summed E-state index contributed by atoms with van der Waals surface area (Å²) in [7, 11) is 0. The molecule has 0 unspecified atom stereocenters. The van der Waals surface area contributed by atoms with Gasteiger partial charge in [0, 0.05) is 56.6 Å². The lowest BCUT2D eigenvalue weighted by Crippen LogP contribution is -2.51.